The van der Waals surface area contributed by atoms with Crippen LogP contribution in [0.5, 0.6) is 0 Å². The Morgan fingerprint density at radius 1 is 0.870 bits per heavy atom. The van der Waals surface area contributed by atoms with Gasteiger partial charge >= 0.3 is 0 Å². The number of hydrogen-bond acceptors (Lipinski definition) is 0. The van der Waals surface area contributed by atoms with Gasteiger partial charge in [-0.05, 0) is 37.0 Å². The molecule has 2 aliphatic rings. The van der Waals surface area contributed by atoms with E-state index in [0.29, 0.717) is 0 Å². The van der Waals surface area contributed by atoms with Crippen LogP contribution in [0.4, 0.5) is 0 Å². The molecule has 0 aromatic heterocycles. The summed E-state index contributed by atoms with van der Waals surface area (Å²) in [5.74, 6) is 2.77. The lowest BCUT2D eigenvalue weighted by Crippen LogP contribution is -2.12. The van der Waals surface area contributed by atoms with Crippen molar-refractivity contribution in [2.75, 3.05) is 0 Å². The van der Waals surface area contributed by atoms with Crippen molar-refractivity contribution in [2.24, 2.45) is 17.8 Å². The van der Waals surface area contributed by atoms with E-state index in [9.17, 15) is 0 Å². The molecule has 127 valence electrons. The first kappa shape index (κ1) is 18.3. The SMILES string of the molecule is CCCC1CCC(C/C2=C/C=C/C=C\C=C\[CH]2)CCCCC1C. The van der Waals surface area contributed by atoms with Crippen molar-refractivity contribution in [2.45, 2.75) is 71.6 Å². The molecule has 23 heavy (non-hydrogen) atoms. The number of rotatable bonds is 4. The predicted octanol–water partition coefficient (Wildman–Crippen LogP) is 7.21. The molecule has 2 rings (SSSR count). The molecule has 0 nitrogen and oxygen atoms in total. The van der Waals surface area contributed by atoms with Gasteiger partial charge in [-0.15, -0.1) is 0 Å². The van der Waals surface area contributed by atoms with E-state index in [0.717, 1.165) is 17.8 Å². The second-order valence-electron chi connectivity index (χ2n) is 7.52. The quantitative estimate of drug-likeness (QED) is 0.514. The van der Waals surface area contributed by atoms with Gasteiger partial charge in [-0.2, -0.15) is 0 Å². The summed E-state index contributed by atoms with van der Waals surface area (Å²) >= 11 is 0. The van der Waals surface area contributed by atoms with Gasteiger partial charge in [0.15, 0.2) is 0 Å². The van der Waals surface area contributed by atoms with E-state index in [-0.39, 0.29) is 0 Å². The molecule has 0 aromatic rings. The molecule has 1 radical (unpaired) electrons. The second-order valence-corrected chi connectivity index (χ2v) is 7.52. The number of allylic oxidation sites excluding steroid dienone is 8. The highest BCUT2D eigenvalue weighted by atomic mass is 14.3. The minimum Gasteiger partial charge on any atom is -0.0764 e. The molecule has 0 aromatic carbocycles. The summed E-state index contributed by atoms with van der Waals surface area (Å²) in [6, 6.07) is 0. The maximum Gasteiger partial charge on any atom is 0.00836 e. The van der Waals surface area contributed by atoms with Crippen LogP contribution in [0.25, 0.3) is 0 Å². The fraction of sp³-hybridized carbons (Fsp3) is 0.609. The Bertz CT molecular complexity index is 435. The Hall–Kier alpha value is -1.04. The van der Waals surface area contributed by atoms with Crippen LogP contribution in [0.1, 0.15) is 71.6 Å². The molecule has 0 bridgehead atoms. The lowest BCUT2D eigenvalue weighted by molar-refractivity contribution is 0.281. The van der Waals surface area contributed by atoms with Crippen molar-refractivity contribution in [3.63, 3.8) is 0 Å². The molecule has 2 aliphatic carbocycles. The average molecular weight is 312 g/mol. The van der Waals surface area contributed by atoms with Gasteiger partial charge in [0.1, 0.15) is 0 Å². The van der Waals surface area contributed by atoms with Gasteiger partial charge in [0.05, 0.1) is 0 Å². The summed E-state index contributed by atoms with van der Waals surface area (Å²) in [6.07, 6.45) is 30.1. The summed E-state index contributed by atoms with van der Waals surface area (Å²) in [7, 11) is 0. The third-order valence-corrected chi connectivity index (χ3v) is 5.63. The molecule has 1 saturated carbocycles. The van der Waals surface area contributed by atoms with Crippen LogP contribution in [0.2, 0.25) is 0 Å². The molecule has 0 heteroatoms. The van der Waals surface area contributed by atoms with Gasteiger partial charge < -0.3 is 0 Å². The molecule has 0 aliphatic heterocycles. The minimum atomic E-state index is 0.873. The van der Waals surface area contributed by atoms with E-state index < -0.39 is 0 Å². The zero-order chi connectivity index (χ0) is 16.3. The van der Waals surface area contributed by atoms with Gasteiger partial charge in [0.2, 0.25) is 0 Å². The molecule has 3 unspecified atom stereocenters. The van der Waals surface area contributed by atoms with Gasteiger partial charge in [0.25, 0.3) is 0 Å². The molecule has 0 N–H and O–H groups in total. The monoisotopic (exact) mass is 311 g/mol. The van der Waals surface area contributed by atoms with Crippen molar-refractivity contribution < 1.29 is 0 Å². The van der Waals surface area contributed by atoms with Gasteiger partial charge in [-0.25, -0.2) is 0 Å². The molecule has 0 spiro atoms. The lowest BCUT2D eigenvalue weighted by Gasteiger charge is -2.24. The predicted molar refractivity (Wildman–Crippen MR) is 103 cm³/mol. The van der Waals surface area contributed by atoms with Crippen LogP contribution < -0.4 is 0 Å². The van der Waals surface area contributed by atoms with Crippen LogP contribution >= 0.6 is 0 Å². The molecule has 1 fully saturated rings. The van der Waals surface area contributed by atoms with Gasteiger partial charge in [0, 0.05) is 6.42 Å². The molecule has 0 amide bonds. The highest BCUT2D eigenvalue weighted by Gasteiger charge is 2.21. The third-order valence-electron chi connectivity index (χ3n) is 5.63. The topological polar surface area (TPSA) is 0 Å². The van der Waals surface area contributed by atoms with Crippen LogP contribution in [0.3, 0.4) is 0 Å². The largest absolute Gasteiger partial charge is 0.0764 e. The van der Waals surface area contributed by atoms with Crippen LogP contribution in [0.15, 0.2) is 48.1 Å². The first-order valence-electron chi connectivity index (χ1n) is 9.83. The highest BCUT2D eigenvalue weighted by molar-refractivity contribution is 5.30. The Morgan fingerprint density at radius 2 is 1.61 bits per heavy atom. The van der Waals surface area contributed by atoms with E-state index in [1.54, 1.807) is 0 Å². The fourth-order valence-corrected chi connectivity index (χ4v) is 4.16. The average Bonchev–Trinajstić information content (AvgIpc) is 2.72. The normalized spacial score (nSPS) is 36.1. The second kappa shape index (κ2) is 10.7. The Balaban J connectivity index is 1.94. The fourth-order valence-electron chi connectivity index (χ4n) is 4.16. The standard InChI is InChI=1S/C23H35/c1-3-12-23-18-17-22(16-11-10-13-20(23)2)19-21-14-8-6-4-5-7-9-15-21/h4-9,14-15,20,22-23H,3,10-13,16-19H2,1-2H3/b5-4-,8-6+,9-7+,21-14+. The Labute approximate surface area is 144 Å². The van der Waals surface area contributed by atoms with E-state index >= 15 is 0 Å². The van der Waals surface area contributed by atoms with Crippen molar-refractivity contribution in [1.29, 1.82) is 0 Å². The first-order chi connectivity index (χ1) is 11.3. The van der Waals surface area contributed by atoms with E-state index in [1.165, 1.54) is 63.4 Å². The van der Waals surface area contributed by atoms with E-state index in [1.807, 2.05) is 0 Å². The molecular formula is C23H35. The maximum atomic E-state index is 2.50. The van der Waals surface area contributed by atoms with Crippen LogP contribution in [-0.2, 0) is 0 Å². The summed E-state index contributed by atoms with van der Waals surface area (Å²) < 4.78 is 0. The van der Waals surface area contributed by atoms with Gasteiger partial charge in [-0.1, -0.05) is 100 Å². The summed E-state index contributed by atoms with van der Waals surface area (Å²) in [4.78, 5) is 0. The lowest BCUT2D eigenvalue weighted by atomic mass is 9.82. The third kappa shape index (κ3) is 6.94. The maximum absolute atomic E-state index is 2.50. The van der Waals surface area contributed by atoms with Crippen molar-refractivity contribution in [3.05, 3.63) is 54.5 Å². The van der Waals surface area contributed by atoms with Crippen molar-refractivity contribution >= 4 is 0 Å². The zero-order valence-corrected chi connectivity index (χ0v) is 15.2. The minimum absolute atomic E-state index is 0.873. The molecule has 0 heterocycles. The Morgan fingerprint density at radius 3 is 2.43 bits per heavy atom. The molecule has 0 saturated heterocycles. The van der Waals surface area contributed by atoms with Crippen LogP contribution in [-0.4, -0.2) is 0 Å². The van der Waals surface area contributed by atoms with E-state index in [4.69, 9.17) is 0 Å². The van der Waals surface area contributed by atoms with Crippen molar-refractivity contribution in [1.82, 2.24) is 0 Å². The van der Waals surface area contributed by atoms with Gasteiger partial charge in [-0.3, -0.25) is 0 Å². The Kier molecular flexibility index (Phi) is 8.50. The summed E-state index contributed by atoms with van der Waals surface area (Å²) in [6.45, 7) is 4.85. The van der Waals surface area contributed by atoms with E-state index in [2.05, 4.69) is 62.8 Å². The summed E-state index contributed by atoms with van der Waals surface area (Å²) in [5.41, 5.74) is 1.49. The van der Waals surface area contributed by atoms with Crippen molar-refractivity contribution in [3.8, 4) is 0 Å². The first-order valence-corrected chi connectivity index (χ1v) is 9.83. The molecular weight excluding hydrogens is 276 g/mol. The highest BCUT2D eigenvalue weighted by Crippen LogP contribution is 2.34. The number of hydrogen-bond donors (Lipinski definition) is 0. The molecule has 3 atom stereocenters. The van der Waals surface area contributed by atoms with Crippen LogP contribution in [0, 0.1) is 24.2 Å². The zero-order valence-electron chi connectivity index (χ0n) is 15.2. The smallest absolute Gasteiger partial charge is 0.00836 e. The summed E-state index contributed by atoms with van der Waals surface area (Å²) in [5, 5.41) is 0.